The normalized spacial score (nSPS) is 21.6. The molecule has 6 atom stereocenters. The third-order valence-electron chi connectivity index (χ3n) is 12.5. The number of unbranched alkanes of at least 4 members (excludes halogenated alkanes) is 26. The first-order valence-electron chi connectivity index (χ1n) is 27.0. The van der Waals surface area contributed by atoms with Crippen molar-refractivity contribution in [2.45, 2.75) is 268 Å². The third-order valence-corrected chi connectivity index (χ3v) is 13.5. The Kier molecular flexibility index (Phi) is 41.8. The largest absolute Gasteiger partial charge is 0.472 e. The van der Waals surface area contributed by atoms with Gasteiger partial charge in [-0.1, -0.05) is 217 Å². The van der Waals surface area contributed by atoms with Gasteiger partial charge in [0.15, 0.2) is 0 Å². The van der Waals surface area contributed by atoms with Gasteiger partial charge in [-0.05, 0) is 51.4 Å². The van der Waals surface area contributed by atoms with E-state index in [-0.39, 0.29) is 13.0 Å². The van der Waals surface area contributed by atoms with E-state index in [1.807, 2.05) is 0 Å². The summed E-state index contributed by atoms with van der Waals surface area (Å²) in [4.78, 5) is 23.3. The Balaban J connectivity index is 2.29. The Labute approximate surface area is 407 Å². The summed E-state index contributed by atoms with van der Waals surface area (Å²) < 4.78 is 34.3. The Morgan fingerprint density at radius 3 is 1.34 bits per heavy atom. The monoisotopic (exact) mass is 971 g/mol. The lowest BCUT2D eigenvalue weighted by molar-refractivity contribution is -0.220. The van der Waals surface area contributed by atoms with Crippen LogP contribution in [0.2, 0.25) is 0 Å². The van der Waals surface area contributed by atoms with Crippen molar-refractivity contribution < 1.29 is 58.3 Å². The lowest BCUT2D eigenvalue weighted by atomic mass is 9.85. The molecule has 1 aliphatic carbocycles. The van der Waals surface area contributed by atoms with Crippen LogP contribution in [0.4, 0.5) is 0 Å². The molecule has 0 aromatic carbocycles. The number of hydrogen-bond donors (Lipinski definition) is 6. The quantitative estimate of drug-likeness (QED) is 0.0147. The first-order valence-corrected chi connectivity index (χ1v) is 28.5. The smallest absolute Gasteiger partial charge is 0.457 e. The van der Waals surface area contributed by atoms with E-state index < -0.39 is 63.1 Å². The Morgan fingerprint density at radius 1 is 0.493 bits per heavy atom. The highest BCUT2D eigenvalue weighted by molar-refractivity contribution is 7.47. The molecule has 0 amide bonds. The number of carbonyl (C=O) groups excluding carboxylic acids is 1. The van der Waals surface area contributed by atoms with Gasteiger partial charge in [0.1, 0.15) is 42.7 Å². The van der Waals surface area contributed by atoms with Crippen LogP contribution >= 0.6 is 7.82 Å². The van der Waals surface area contributed by atoms with E-state index in [0.29, 0.717) is 13.0 Å². The van der Waals surface area contributed by atoms with E-state index in [1.165, 1.54) is 128 Å². The highest BCUT2D eigenvalue weighted by atomic mass is 31.2. The van der Waals surface area contributed by atoms with Gasteiger partial charge in [-0.15, -0.1) is 0 Å². The van der Waals surface area contributed by atoms with Crippen molar-refractivity contribution in [3.05, 3.63) is 48.6 Å². The highest BCUT2D eigenvalue weighted by Gasteiger charge is 2.51. The molecule has 1 saturated carbocycles. The summed E-state index contributed by atoms with van der Waals surface area (Å²) in [5.41, 5.74) is 0. The summed E-state index contributed by atoms with van der Waals surface area (Å²) in [6.07, 6.45) is 43.2. The summed E-state index contributed by atoms with van der Waals surface area (Å²) in [6.45, 7) is 4.17. The molecule has 6 N–H and O–H groups in total. The Morgan fingerprint density at radius 2 is 0.881 bits per heavy atom. The number of hydrogen-bond acceptors (Lipinski definition) is 11. The summed E-state index contributed by atoms with van der Waals surface area (Å²) >= 11 is 0. The molecular formula is C54H99O12P. The van der Waals surface area contributed by atoms with Gasteiger partial charge in [-0.2, -0.15) is 0 Å². The number of ether oxygens (including phenoxy) is 2. The van der Waals surface area contributed by atoms with Crippen molar-refractivity contribution in [3.63, 3.8) is 0 Å². The zero-order chi connectivity index (χ0) is 49.1. The minimum absolute atomic E-state index is 0.0769. The molecule has 0 spiro atoms. The summed E-state index contributed by atoms with van der Waals surface area (Å²) in [5.74, 6) is -0.476. The molecule has 0 aromatic heterocycles. The van der Waals surface area contributed by atoms with Crippen LogP contribution < -0.4 is 0 Å². The second-order valence-electron chi connectivity index (χ2n) is 18.7. The molecule has 12 nitrogen and oxygen atoms in total. The predicted octanol–water partition coefficient (Wildman–Crippen LogP) is 12.4. The number of aliphatic hydroxyl groups is 5. The van der Waals surface area contributed by atoms with Gasteiger partial charge in [0, 0.05) is 13.0 Å². The van der Waals surface area contributed by atoms with Gasteiger partial charge < -0.3 is 39.9 Å². The molecule has 0 saturated heterocycles. The molecule has 0 heterocycles. The molecule has 67 heavy (non-hydrogen) atoms. The molecule has 1 aliphatic rings. The molecule has 13 heteroatoms. The van der Waals surface area contributed by atoms with Crippen molar-refractivity contribution in [1.82, 2.24) is 0 Å². The van der Waals surface area contributed by atoms with E-state index in [2.05, 4.69) is 62.5 Å². The number of aliphatic hydroxyl groups excluding tert-OH is 5. The molecule has 0 bridgehead atoms. The van der Waals surface area contributed by atoms with Crippen LogP contribution in [0, 0.1) is 0 Å². The van der Waals surface area contributed by atoms with Crippen molar-refractivity contribution in [1.29, 1.82) is 0 Å². The zero-order valence-corrected chi connectivity index (χ0v) is 43.1. The fraction of sp³-hybridized carbons (Fsp3) is 0.833. The van der Waals surface area contributed by atoms with Crippen molar-refractivity contribution in [2.75, 3.05) is 19.8 Å². The van der Waals surface area contributed by atoms with Crippen molar-refractivity contribution in [3.8, 4) is 0 Å². The van der Waals surface area contributed by atoms with Crippen LogP contribution in [-0.4, -0.2) is 98.9 Å². The number of esters is 1. The first kappa shape index (κ1) is 63.3. The standard InChI is InChI=1S/C54H99O12P/c1-3-5-7-9-11-13-15-17-19-21-22-23-24-25-26-27-28-30-32-34-36-38-40-42-44-63-45-47(46-64-67(61,62)66-54-52(59)50(57)49(56)51(58)53(54)60)65-48(55)43-41-39-37-35-33-31-29-20-18-16-14-12-10-8-6-4-2/h5,7,11,13,17,19,22-23,47,49-54,56-60H,3-4,6,8-10,12,14-16,18,20-21,24-46H2,1-2H3,(H,61,62)/b7-5-,13-11-,19-17-,23-22-. The molecule has 6 unspecified atom stereocenters. The van der Waals surface area contributed by atoms with Gasteiger partial charge in [0.05, 0.1) is 13.2 Å². The fourth-order valence-electron chi connectivity index (χ4n) is 8.23. The van der Waals surface area contributed by atoms with E-state index >= 15 is 0 Å². The molecule has 392 valence electrons. The minimum Gasteiger partial charge on any atom is -0.457 e. The van der Waals surface area contributed by atoms with Crippen LogP contribution in [0.1, 0.15) is 226 Å². The lowest BCUT2D eigenvalue weighted by Gasteiger charge is -2.41. The Hall–Kier alpha value is -1.70. The first-order chi connectivity index (χ1) is 32.5. The van der Waals surface area contributed by atoms with E-state index in [9.17, 15) is 39.8 Å². The molecule has 1 rings (SSSR count). The van der Waals surface area contributed by atoms with Gasteiger partial charge in [-0.25, -0.2) is 4.57 Å². The van der Waals surface area contributed by atoms with E-state index in [0.717, 1.165) is 70.6 Å². The summed E-state index contributed by atoms with van der Waals surface area (Å²) in [6, 6.07) is 0. The second-order valence-corrected chi connectivity index (χ2v) is 20.1. The maximum absolute atomic E-state index is 12.9. The lowest BCUT2D eigenvalue weighted by Crippen LogP contribution is -2.64. The second kappa shape index (κ2) is 44.3. The number of rotatable bonds is 46. The molecule has 0 aromatic rings. The van der Waals surface area contributed by atoms with Crippen LogP contribution in [0.25, 0.3) is 0 Å². The SMILES string of the molecule is CC/C=C\C/C=C\C/C=C\C/C=C\CCCCCCCCCCCCCOCC(COP(=O)(O)OC1C(O)C(O)C(O)C(O)C1O)OC(=O)CCCCCCCCCCCCCCCCCC. The molecule has 0 aliphatic heterocycles. The number of phosphoric acid groups is 1. The number of phosphoric ester groups is 1. The fourth-order valence-corrected chi connectivity index (χ4v) is 9.20. The van der Waals surface area contributed by atoms with Crippen LogP contribution in [0.3, 0.4) is 0 Å². The number of allylic oxidation sites excluding steroid dienone is 8. The molecular weight excluding hydrogens is 872 g/mol. The summed E-state index contributed by atoms with van der Waals surface area (Å²) in [7, 11) is -5.02. The van der Waals surface area contributed by atoms with E-state index in [4.69, 9.17) is 18.5 Å². The highest BCUT2D eigenvalue weighted by Crippen LogP contribution is 2.47. The average molecular weight is 971 g/mol. The minimum atomic E-state index is -5.02. The average Bonchev–Trinajstić information content (AvgIpc) is 3.31. The molecule has 0 radical (unpaired) electrons. The molecule has 1 fully saturated rings. The maximum Gasteiger partial charge on any atom is 0.472 e. The zero-order valence-electron chi connectivity index (χ0n) is 42.2. The van der Waals surface area contributed by atoms with Crippen LogP contribution in [-0.2, 0) is 27.9 Å². The van der Waals surface area contributed by atoms with Crippen LogP contribution in [0.5, 0.6) is 0 Å². The maximum atomic E-state index is 12.9. The van der Waals surface area contributed by atoms with Gasteiger partial charge >= 0.3 is 13.8 Å². The van der Waals surface area contributed by atoms with Crippen molar-refractivity contribution in [2.24, 2.45) is 0 Å². The predicted molar refractivity (Wildman–Crippen MR) is 272 cm³/mol. The van der Waals surface area contributed by atoms with Gasteiger partial charge in [0.2, 0.25) is 0 Å². The van der Waals surface area contributed by atoms with Crippen LogP contribution in [0.15, 0.2) is 48.6 Å². The van der Waals surface area contributed by atoms with Gasteiger partial charge in [-0.3, -0.25) is 13.8 Å². The summed E-state index contributed by atoms with van der Waals surface area (Å²) in [5, 5.41) is 50.3. The van der Waals surface area contributed by atoms with Crippen molar-refractivity contribution >= 4 is 13.8 Å². The Bertz CT molecular complexity index is 1290. The van der Waals surface area contributed by atoms with E-state index in [1.54, 1.807) is 0 Å². The number of carbonyl (C=O) groups is 1. The van der Waals surface area contributed by atoms with Gasteiger partial charge in [0.25, 0.3) is 0 Å². The third kappa shape index (κ3) is 36.0. The topological polar surface area (TPSA) is 192 Å².